The van der Waals surface area contributed by atoms with Crippen molar-refractivity contribution < 1.29 is 0 Å². The van der Waals surface area contributed by atoms with Gasteiger partial charge in [0.25, 0.3) is 0 Å². The number of nitrogens with two attached hydrogens (primary N) is 1. The van der Waals surface area contributed by atoms with Crippen molar-refractivity contribution in [3.05, 3.63) is 34.3 Å². The quantitative estimate of drug-likeness (QED) is 0.856. The van der Waals surface area contributed by atoms with Crippen LogP contribution in [0.2, 0.25) is 0 Å². The molecule has 0 fully saturated rings. The van der Waals surface area contributed by atoms with Gasteiger partial charge < -0.3 is 5.73 Å². The lowest BCUT2D eigenvalue weighted by Crippen LogP contribution is -2.07. The van der Waals surface area contributed by atoms with Gasteiger partial charge in [0.15, 0.2) is 0 Å². The molecule has 1 nitrogen and oxygen atoms in total. The number of benzene rings is 1. The molecule has 0 amide bonds. The highest BCUT2D eigenvalue weighted by Crippen LogP contribution is 2.18. The Balaban J connectivity index is 0.00000121. The van der Waals surface area contributed by atoms with Gasteiger partial charge in [0.2, 0.25) is 0 Å². The second kappa shape index (κ2) is 5.57. The molecule has 0 spiro atoms. The summed E-state index contributed by atoms with van der Waals surface area (Å²) < 4.78 is 1.10. The summed E-state index contributed by atoms with van der Waals surface area (Å²) in [5.74, 6) is 0. The monoisotopic (exact) mass is 249 g/mol. The standard InChI is InChI=1S/C9H12BrN.ClH/c1-2-9(11)7-4-3-5-8(10)6-7;/h3-6,9H,2,11H2,1H3;1H. The summed E-state index contributed by atoms with van der Waals surface area (Å²) in [5, 5.41) is 0. The zero-order valence-electron chi connectivity index (χ0n) is 6.96. The largest absolute Gasteiger partial charge is 0.324 e. The molecule has 1 aromatic rings. The maximum atomic E-state index is 5.84. The van der Waals surface area contributed by atoms with Crippen molar-refractivity contribution in [2.75, 3.05) is 0 Å². The van der Waals surface area contributed by atoms with Gasteiger partial charge in [0, 0.05) is 10.5 Å². The Morgan fingerprint density at radius 2 is 2.17 bits per heavy atom. The molecular weight excluding hydrogens is 237 g/mol. The molecular formula is C9H13BrClN. The molecule has 1 rings (SSSR count). The van der Waals surface area contributed by atoms with Gasteiger partial charge in [-0.15, -0.1) is 12.4 Å². The van der Waals surface area contributed by atoms with E-state index >= 15 is 0 Å². The Bertz CT molecular complexity index is 240. The molecule has 0 heterocycles. The van der Waals surface area contributed by atoms with Crippen LogP contribution in [0.15, 0.2) is 28.7 Å². The molecule has 68 valence electrons. The van der Waals surface area contributed by atoms with E-state index in [9.17, 15) is 0 Å². The lowest BCUT2D eigenvalue weighted by molar-refractivity contribution is 0.698. The minimum absolute atomic E-state index is 0. The summed E-state index contributed by atoms with van der Waals surface area (Å²) in [6, 6.07) is 8.31. The SMILES string of the molecule is CCC(N)c1cccc(Br)c1.Cl. The van der Waals surface area contributed by atoms with Gasteiger partial charge in [0.1, 0.15) is 0 Å². The van der Waals surface area contributed by atoms with Crippen molar-refractivity contribution in [2.45, 2.75) is 19.4 Å². The average Bonchev–Trinajstić information content (AvgIpc) is 2.03. The van der Waals surface area contributed by atoms with Crippen LogP contribution in [-0.2, 0) is 0 Å². The molecule has 1 atom stereocenters. The Morgan fingerprint density at radius 1 is 1.50 bits per heavy atom. The third-order valence-corrected chi connectivity index (χ3v) is 2.21. The van der Waals surface area contributed by atoms with Crippen molar-refractivity contribution in [3.8, 4) is 0 Å². The Hall–Kier alpha value is -0.0500. The highest BCUT2D eigenvalue weighted by atomic mass is 79.9. The first-order valence-electron chi connectivity index (χ1n) is 3.75. The van der Waals surface area contributed by atoms with Crippen LogP contribution in [0, 0.1) is 0 Å². The summed E-state index contributed by atoms with van der Waals surface area (Å²) in [6.45, 7) is 2.09. The van der Waals surface area contributed by atoms with Gasteiger partial charge in [-0.3, -0.25) is 0 Å². The predicted molar refractivity (Wildman–Crippen MR) is 58.6 cm³/mol. The molecule has 3 heteroatoms. The van der Waals surface area contributed by atoms with Gasteiger partial charge in [-0.25, -0.2) is 0 Å². The van der Waals surface area contributed by atoms with E-state index in [4.69, 9.17) is 5.73 Å². The summed E-state index contributed by atoms with van der Waals surface area (Å²) in [7, 11) is 0. The van der Waals surface area contributed by atoms with E-state index < -0.39 is 0 Å². The van der Waals surface area contributed by atoms with Gasteiger partial charge in [0.05, 0.1) is 0 Å². The van der Waals surface area contributed by atoms with Gasteiger partial charge in [-0.2, -0.15) is 0 Å². The molecule has 0 aliphatic heterocycles. The fourth-order valence-corrected chi connectivity index (χ4v) is 1.39. The van der Waals surface area contributed by atoms with Crippen molar-refractivity contribution in [3.63, 3.8) is 0 Å². The van der Waals surface area contributed by atoms with E-state index in [1.807, 2.05) is 12.1 Å². The first kappa shape index (κ1) is 11.9. The van der Waals surface area contributed by atoms with Crippen molar-refractivity contribution in [2.24, 2.45) is 5.73 Å². The van der Waals surface area contributed by atoms with Crippen LogP contribution in [-0.4, -0.2) is 0 Å². The summed E-state index contributed by atoms with van der Waals surface area (Å²) in [4.78, 5) is 0. The van der Waals surface area contributed by atoms with Crippen LogP contribution in [0.1, 0.15) is 24.9 Å². The topological polar surface area (TPSA) is 26.0 Å². The van der Waals surface area contributed by atoms with E-state index in [1.54, 1.807) is 0 Å². The maximum Gasteiger partial charge on any atom is 0.0292 e. The number of halogens is 2. The van der Waals surface area contributed by atoms with Gasteiger partial charge >= 0.3 is 0 Å². The van der Waals surface area contributed by atoms with Crippen molar-refractivity contribution >= 4 is 28.3 Å². The first-order valence-corrected chi connectivity index (χ1v) is 4.54. The lowest BCUT2D eigenvalue weighted by Gasteiger charge is -2.08. The van der Waals surface area contributed by atoms with E-state index in [0.29, 0.717) is 0 Å². The highest BCUT2D eigenvalue weighted by molar-refractivity contribution is 9.10. The molecule has 0 saturated heterocycles. The molecule has 0 saturated carbocycles. The summed E-state index contributed by atoms with van der Waals surface area (Å²) >= 11 is 3.40. The van der Waals surface area contributed by atoms with Crippen LogP contribution >= 0.6 is 28.3 Å². The fourth-order valence-electron chi connectivity index (χ4n) is 0.973. The number of hydrogen-bond donors (Lipinski definition) is 1. The van der Waals surface area contributed by atoms with Crippen LogP contribution in [0.5, 0.6) is 0 Å². The molecule has 0 aliphatic rings. The van der Waals surface area contributed by atoms with E-state index in [-0.39, 0.29) is 18.4 Å². The molecule has 0 aromatic heterocycles. The van der Waals surface area contributed by atoms with E-state index in [1.165, 1.54) is 5.56 Å². The third kappa shape index (κ3) is 3.13. The second-order valence-corrected chi connectivity index (χ2v) is 3.49. The normalized spacial score (nSPS) is 11.9. The fraction of sp³-hybridized carbons (Fsp3) is 0.333. The number of hydrogen-bond acceptors (Lipinski definition) is 1. The molecule has 12 heavy (non-hydrogen) atoms. The highest BCUT2D eigenvalue weighted by Gasteiger charge is 2.01. The molecule has 0 bridgehead atoms. The Labute approximate surface area is 87.9 Å². The maximum absolute atomic E-state index is 5.84. The van der Waals surface area contributed by atoms with E-state index in [0.717, 1.165) is 10.9 Å². The van der Waals surface area contributed by atoms with Crippen LogP contribution in [0.25, 0.3) is 0 Å². The van der Waals surface area contributed by atoms with Crippen molar-refractivity contribution in [1.29, 1.82) is 0 Å². The smallest absolute Gasteiger partial charge is 0.0292 e. The van der Waals surface area contributed by atoms with Crippen LogP contribution in [0.4, 0.5) is 0 Å². The third-order valence-electron chi connectivity index (χ3n) is 1.72. The van der Waals surface area contributed by atoms with Gasteiger partial charge in [-0.05, 0) is 24.1 Å². The zero-order valence-corrected chi connectivity index (χ0v) is 9.36. The number of rotatable bonds is 2. The summed E-state index contributed by atoms with van der Waals surface area (Å²) in [6.07, 6.45) is 0.983. The average molecular weight is 251 g/mol. The molecule has 0 radical (unpaired) electrons. The summed E-state index contributed by atoms with van der Waals surface area (Å²) in [5.41, 5.74) is 7.04. The molecule has 2 N–H and O–H groups in total. The molecule has 1 aromatic carbocycles. The first-order chi connectivity index (χ1) is 5.24. The Kier molecular flexibility index (Phi) is 5.55. The van der Waals surface area contributed by atoms with Crippen molar-refractivity contribution in [1.82, 2.24) is 0 Å². The van der Waals surface area contributed by atoms with Crippen LogP contribution < -0.4 is 5.73 Å². The van der Waals surface area contributed by atoms with Gasteiger partial charge in [-0.1, -0.05) is 35.0 Å². The zero-order chi connectivity index (χ0) is 8.27. The Morgan fingerprint density at radius 3 is 2.67 bits per heavy atom. The molecule has 0 aliphatic carbocycles. The second-order valence-electron chi connectivity index (χ2n) is 2.57. The molecule has 1 unspecified atom stereocenters. The lowest BCUT2D eigenvalue weighted by atomic mass is 10.1. The minimum atomic E-state index is 0. The van der Waals surface area contributed by atoms with E-state index in [2.05, 4.69) is 35.0 Å². The van der Waals surface area contributed by atoms with Crippen LogP contribution in [0.3, 0.4) is 0 Å². The predicted octanol–water partition coefficient (Wildman–Crippen LogP) is 3.28. The minimum Gasteiger partial charge on any atom is -0.324 e.